The van der Waals surface area contributed by atoms with Crippen molar-refractivity contribution in [1.82, 2.24) is 10.2 Å². The second-order valence-electron chi connectivity index (χ2n) is 5.75. The quantitative estimate of drug-likeness (QED) is 0.868. The molecule has 3 rings (SSSR count). The Balaban J connectivity index is 2.06. The lowest BCUT2D eigenvalue weighted by Gasteiger charge is -2.56. The number of fused-ring (bicyclic) bond motifs is 4. The van der Waals surface area contributed by atoms with Gasteiger partial charge in [0.2, 0.25) is 0 Å². The SMILES string of the molecule is CCOc1ccc2c(c1)OC1(C)C(C)C2NC(=S)N1CC. The zero-order chi connectivity index (χ0) is 15.2. The third-order valence-corrected chi connectivity index (χ3v) is 5.01. The van der Waals surface area contributed by atoms with Crippen LogP contribution in [0.1, 0.15) is 39.3 Å². The van der Waals surface area contributed by atoms with Crippen LogP contribution in [0.25, 0.3) is 0 Å². The van der Waals surface area contributed by atoms with Crippen molar-refractivity contribution >= 4 is 17.3 Å². The fraction of sp³-hybridized carbons (Fsp3) is 0.562. The van der Waals surface area contributed by atoms with Gasteiger partial charge in [-0.2, -0.15) is 0 Å². The average molecular weight is 306 g/mol. The van der Waals surface area contributed by atoms with Crippen LogP contribution < -0.4 is 14.8 Å². The van der Waals surface area contributed by atoms with Crippen LogP contribution in [0.3, 0.4) is 0 Å². The van der Waals surface area contributed by atoms with Gasteiger partial charge >= 0.3 is 0 Å². The van der Waals surface area contributed by atoms with Crippen molar-refractivity contribution in [2.24, 2.45) is 5.92 Å². The molecular formula is C16H22N2O2S. The van der Waals surface area contributed by atoms with Gasteiger partial charge in [0.15, 0.2) is 10.8 Å². The minimum Gasteiger partial charge on any atom is -0.494 e. The third-order valence-electron chi connectivity index (χ3n) is 4.67. The number of ether oxygens (including phenoxy) is 2. The molecule has 2 aliphatic heterocycles. The lowest BCUT2D eigenvalue weighted by Crippen LogP contribution is -2.68. The summed E-state index contributed by atoms with van der Waals surface area (Å²) >= 11 is 5.51. The highest BCUT2D eigenvalue weighted by Crippen LogP contribution is 2.48. The molecule has 4 nitrogen and oxygen atoms in total. The molecule has 21 heavy (non-hydrogen) atoms. The summed E-state index contributed by atoms with van der Waals surface area (Å²) in [6, 6.07) is 6.25. The van der Waals surface area contributed by atoms with Gasteiger partial charge < -0.3 is 19.7 Å². The molecule has 2 heterocycles. The topological polar surface area (TPSA) is 33.7 Å². The van der Waals surface area contributed by atoms with Crippen molar-refractivity contribution in [1.29, 1.82) is 0 Å². The Bertz CT molecular complexity index is 577. The fourth-order valence-electron chi connectivity index (χ4n) is 3.38. The normalized spacial score (nSPS) is 30.3. The summed E-state index contributed by atoms with van der Waals surface area (Å²) in [6.07, 6.45) is 0. The maximum absolute atomic E-state index is 6.38. The predicted octanol–water partition coefficient (Wildman–Crippen LogP) is 3.08. The van der Waals surface area contributed by atoms with Crippen LogP contribution in [0.15, 0.2) is 18.2 Å². The highest BCUT2D eigenvalue weighted by Gasteiger charge is 2.52. The van der Waals surface area contributed by atoms with Crippen molar-refractivity contribution in [3.63, 3.8) is 0 Å². The summed E-state index contributed by atoms with van der Waals surface area (Å²) in [5.41, 5.74) is 0.737. The van der Waals surface area contributed by atoms with E-state index in [9.17, 15) is 0 Å². The average Bonchev–Trinajstić information content (AvgIpc) is 2.43. The van der Waals surface area contributed by atoms with E-state index >= 15 is 0 Å². The highest BCUT2D eigenvalue weighted by atomic mass is 32.1. The number of hydrogen-bond donors (Lipinski definition) is 1. The van der Waals surface area contributed by atoms with Crippen LogP contribution in [0.5, 0.6) is 11.5 Å². The smallest absolute Gasteiger partial charge is 0.186 e. The molecule has 1 fully saturated rings. The molecular weight excluding hydrogens is 284 g/mol. The van der Waals surface area contributed by atoms with Crippen LogP contribution in [0, 0.1) is 5.92 Å². The maximum Gasteiger partial charge on any atom is 0.186 e. The Morgan fingerprint density at radius 1 is 1.43 bits per heavy atom. The van der Waals surface area contributed by atoms with Crippen molar-refractivity contribution < 1.29 is 9.47 Å². The summed E-state index contributed by atoms with van der Waals surface area (Å²) in [5, 5.41) is 4.23. The number of nitrogens with zero attached hydrogens (tertiary/aromatic N) is 1. The molecule has 0 aliphatic carbocycles. The minimum atomic E-state index is -0.417. The molecule has 3 unspecified atom stereocenters. The zero-order valence-electron chi connectivity index (χ0n) is 13.0. The van der Waals surface area contributed by atoms with Crippen molar-refractivity contribution in [3.8, 4) is 11.5 Å². The molecule has 1 N–H and O–H groups in total. The first-order valence-corrected chi connectivity index (χ1v) is 7.96. The standard InChI is InChI=1S/C16H22N2O2S/c1-5-18-15(21)17-14-10(3)16(18,4)20-13-9-11(19-6-2)7-8-12(13)14/h7-10,14H,5-6H2,1-4H3,(H,17,21). The lowest BCUT2D eigenvalue weighted by atomic mass is 9.81. The summed E-state index contributed by atoms with van der Waals surface area (Å²) in [7, 11) is 0. The summed E-state index contributed by atoms with van der Waals surface area (Å²) in [5.74, 6) is 2.03. The molecule has 3 atom stereocenters. The number of nitrogens with one attached hydrogen (secondary N) is 1. The number of thiocarbonyl (C=S) groups is 1. The molecule has 2 bridgehead atoms. The molecule has 1 saturated heterocycles. The highest BCUT2D eigenvalue weighted by molar-refractivity contribution is 7.80. The van der Waals surface area contributed by atoms with E-state index in [1.54, 1.807) is 0 Å². The molecule has 1 aromatic carbocycles. The number of benzene rings is 1. The minimum absolute atomic E-state index is 0.185. The molecule has 0 saturated carbocycles. The first-order chi connectivity index (χ1) is 10.0. The van der Waals surface area contributed by atoms with Crippen LogP contribution in [0.2, 0.25) is 0 Å². The Hall–Kier alpha value is -1.49. The molecule has 0 radical (unpaired) electrons. The zero-order valence-corrected chi connectivity index (χ0v) is 13.8. The van der Waals surface area contributed by atoms with E-state index in [1.165, 1.54) is 0 Å². The van der Waals surface area contributed by atoms with Crippen molar-refractivity contribution in [2.75, 3.05) is 13.2 Å². The molecule has 114 valence electrons. The molecule has 5 heteroatoms. The van der Waals surface area contributed by atoms with Crippen molar-refractivity contribution in [3.05, 3.63) is 23.8 Å². The van der Waals surface area contributed by atoms with E-state index in [2.05, 4.69) is 37.1 Å². The first-order valence-electron chi connectivity index (χ1n) is 7.55. The lowest BCUT2D eigenvalue weighted by molar-refractivity contribution is -0.108. The molecule has 0 spiro atoms. The van der Waals surface area contributed by atoms with E-state index in [1.807, 2.05) is 19.1 Å². The van der Waals surface area contributed by atoms with Gasteiger partial charge in [0.05, 0.1) is 12.6 Å². The Morgan fingerprint density at radius 2 is 2.19 bits per heavy atom. The first kappa shape index (κ1) is 14.4. The van der Waals surface area contributed by atoms with Gasteiger partial charge in [-0.25, -0.2) is 0 Å². The Labute approximate surface area is 131 Å². The van der Waals surface area contributed by atoms with E-state index in [0.29, 0.717) is 12.5 Å². The van der Waals surface area contributed by atoms with E-state index in [-0.39, 0.29) is 6.04 Å². The number of rotatable bonds is 3. The fourth-order valence-corrected chi connectivity index (χ4v) is 3.82. The molecule has 1 aromatic rings. The van der Waals surface area contributed by atoms with Gasteiger partial charge in [-0.3, -0.25) is 0 Å². The van der Waals surface area contributed by atoms with Crippen LogP contribution in [-0.4, -0.2) is 28.9 Å². The monoisotopic (exact) mass is 306 g/mol. The van der Waals surface area contributed by atoms with Gasteiger partial charge in [-0.1, -0.05) is 6.92 Å². The van der Waals surface area contributed by atoms with Gasteiger partial charge in [-0.15, -0.1) is 0 Å². The van der Waals surface area contributed by atoms with Crippen LogP contribution >= 0.6 is 12.2 Å². The van der Waals surface area contributed by atoms with Crippen LogP contribution in [0.4, 0.5) is 0 Å². The van der Waals surface area contributed by atoms with Gasteiger partial charge in [0.25, 0.3) is 0 Å². The van der Waals surface area contributed by atoms with E-state index in [4.69, 9.17) is 21.7 Å². The van der Waals surface area contributed by atoms with Crippen molar-refractivity contribution in [2.45, 2.75) is 39.5 Å². The second-order valence-corrected chi connectivity index (χ2v) is 6.14. The molecule has 0 aromatic heterocycles. The third kappa shape index (κ3) is 2.06. The summed E-state index contributed by atoms with van der Waals surface area (Å²) < 4.78 is 12.0. The predicted molar refractivity (Wildman–Crippen MR) is 86.7 cm³/mol. The second kappa shape index (κ2) is 5.05. The van der Waals surface area contributed by atoms with Gasteiger partial charge in [0, 0.05) is 24.1 Å². The Morgan fingerprint density at radius 3 is 2.86 bits per heavy atom. The Kier molecular flexibility index (Phi) is 3.48. The maximum atomic E-state index is 6.38. The van der Waals surface area contributed by atoms with Gasteiger partial charge in [-0.05, 0) is 45.1 Å². The summed E-state index contributed by atoms with van der Waals surface area (Å²) in [6.45, 7) is 9.89. The largest absolute Gasteiger partial charge is 0.494 e. The van der Waals surface area contributed by atoms with Gasteiger partial charge in [0.1, 0.15) is 11.5 Å². The molecule has 0 amide bonds. The number of hydrogen-bond acceptors (Lipinski definition) is 3. The molecule has 2 aliphatic rings. The summed E-state index contributed by atoms with van der Waals surface area (Å²) in [4.78, 5) is 2.12. The van der Waals surface area contributed by atoms with E-state index < -0.39 is 5.72 Å². The van der Waals surface area contributed by atoms with E-state index in [0.717, 1.165) is 28.7 Å². The van der Waals surface area contributed by atoms with Crippen LogP contribution in [-0.2, 0) is 0 Å².